The molecule has 2 aromatic rings. The highest BCUT2D eigenvalue weighted by Gasteiger charge is 2.24. The Labute approximate surface area is 148 Å². The number of alkyl halides is 2. The van der Waals surface area contributed by atoms with Crippen molar-refractivity contribution in [1.29, 1.82) is 0 Å². The molecule has 0 atom stereocenters. The molecule has 1 aromatic carbocycles. The number of esters is 1. The Morgan fingerprint density at radius 1 is 1.46 bits per heavy atom. The van der Waals surface area contributed by atoms with Crippen LogP contribution < -0.4 is 4.74 Å². The van der Waals surface area contributed by atoms with Crippen molar-refractivity contribution in [3.05, 3.63) is 33.0 Å². The topological polar surface area (TPSA) is 53.3 Å². The number of halogens is 5. The van der Waals surface area contributed by atoms with E-state index in [9.17, 15) is 18.0 Å². The molecular weight excluding hydrogens is 417 g/mol. The number of nitrogens with zero attached hydrogens (tertiary/aromatic N) is 2. The predicted molar refractivity (Wildman–Crippen MR) is 83.9 cm³/mol. The molecule has 0 fully saturated rings. The number of rotatable bonds is 5. The van der Waals surface area contributed by atoms with Crippen molar-refractivity contribution in [2.45, 2.75) is 13.5 Å². The van der Waals surface area contributed by atoms with Crippen LogP contribution in [0.5, 0.6) is 5.88 Å². The molecule has 0 N–H and O–H groups in total. The maximum absolute atomic E-state index is 14.3. The Bertz CT molecular complexity index is 783. The summed E-state index contributed by atoms with van der Waals surface area (Å²) < 4.78 is 49.4. The lowest BCUT2D eigenvalue weighted by molar-refractivity contribution is -0.0558. The van der Waals surface area contributed by atoms with E-state index < -0.39 is 18.4 Å². The fraction of sp³-hybridized carbons (Fsp3) is 0.286. The van der Waals surface area contributed by atoms with Gasteiger partial charge in [0.1, 0.15) is 16.0 Å². The summed E-state index contributed by atoms with van der Waals surface area (Å²) in [5.41, 5.74) is -0.203. The van der Waals surface area contributed by atoms with Crippen LogP contribution in [0.1, 0.15) is 17.3 Å². The highest BCUT2D eigenvalue weighted by atomic mass is 79.9. The molecule has 130 valence electrons. The summed E-state index contributed by atoms with van der Waals surface area (Å²) in [6.45, 7) is -1.35. The zero-order chi connectivity index (χ0) is 18.0. The Morgan fingerprint density at radius 3 is 2.71 bits per heavy atom. The summed E-state index contributed by atoms with van der Waals surface area (Å²) in [5, 5.41) is 3.81. The average Bonchev–Trinajstić information content (AvgIpc) is 2.75. The van der Waals surface area contributed by atoms with E-state index in [1.165, 1.54) is 7.05 Å². The first-order valence-corrected chi connectivity index (χ1v) is 7.77. The van der Waals surface area contributed by atoms with Gasteiger partial charge >= 0.3 is 12.6 Å². The van der Waals surface area contributed by atoms with Crippen molar-refractivity contribution in [3.8, 4) is 17.1 Å². The van der Waals surface area contributed by atoms with Crippen LogP contribution in [-0.4, -0.2) is 29.0 Å². The zero-order valence-corrected chi connectivity index (χ0v) is 14.8. The van der Waals surface area contributed by atoms with Gasteiger partial charge in [-0.05, 0) is 35.0 Å². The molecular formula is C14H11BrClF3N2O3. The zero-order valence-electron chi connectivity index (χ0n) is 12.4. The van der Waals surface area contributed by atoms with Gasteiger partial charge in [-0.15, -0.1) is 0 Å². The number of carbonyl (C=O) groups excluding carboxylic acids is 1. The minimum absolute atomic E-state index is 0.0151. The molecule has 0 radical (unpaired) electrons. The van der Waals surface area contributed by atoms with Crippen molar-refractivity contribution in [1.82, 2.24) is 9.78 Å². The van der Waals surface area contributed by atoms with Crippen LogP contribution in [0.3, 0.4) is 0 Å². The highest BCUT2D eigenvalue weighted by Crippen LogP contribution is 2.38. The van der Waals surface area contributed by atoms with E-state index >= 15 is 0 Å². The van der Waals surface area contributed by atoms with Gasteiger partial charge in [0.2, 0.25) is 5.88 Å². The smallest absolute Gasteiger partial charge is 0.388 e. The molecule has 0 aliphatic heterocycles. The second kappa shape index (κ2) is 7.43. The molecule has 0 saturated heterocycles. The van der Waals surface area contributed by atoms with Crippen LogP contribution in [0, 0.1) is 5.82 Å². The fourth-order valence-corrected chi connectivity index (χ4v) is 2.83. The first-order chi connectivity index (χ1) is 11.3. The van der Waals surface area contributed by atoms with E-state index in [1.54, 1.807) is 6.92 Å². The summed E-state index contributed by atoms with van der Waals surface area (Å²) in [6, 6.07) is 2.08. The third-order valence-electron chi connectivity index (χ3n) is 2.95. The summed E-state index contributed by atoms with van der Waals surface area (Å²) in [5.74, 6) is -1.80. The molecule has 0 aliphatic rings. The Kier molecular flexibility index (Phi) is 5.76. The van der Waals surface area contributed by atoms with Gasteiger partial charge in [0.05, 0.1) is 17.2 Å². The number of aryl methyl sites for hydroxylation is 1. The first-order valence-electron chi connectivity index (χ1n) is 6.60. The molecule has 0 unspecified atom stereocenters. The fourth-order valence-electron chi connectivity index (χ4n) is 1.96. The number of hydrogen-bond donors (Lipinski definition) is 0. The van der Waals surface area contributed by atoms with Crippen molar-refractivity contribution in [3.63, 3.8) is 0 Å². The van der Waals surface area contributed by atoms with E-state index in [4.69, 9.17) is 16.3 Å². The lowest BCUT2D eigenvalue weighted by atomic mass is 10.1. The molecule has 0 aliphatic carbocycles. The molecule has 0 saturated carbocycles. The van der Waals surface area contributed by atoms with Crippen LogP contribution in [-0.2, 0) is 11.8 Å². The molecule has 1 aromatic heterocycles. The van der Waals surface area contributed by atoms with E-state index in [0.29, 0.717) is 0 Å². The number of ether oxygens (including phenoxy) is 2. The first kappa shape index (κ1) is 18.6. The quantitative estimate of drug-likeness (QED) is 0.663. The lowest BCUT2D eigenvalue weighted by Gasteiger charge is -2.08. The van der Waals surface area contributed by atoms with Crippen molar-refractivity contribution < 1.29 is 27.4 Å². The SMILES string of the molecule is CCOC(=O)c1cc(-c2nn(C)c(OC(F)F)c2Br)c(F)cc1Cl. The second-order valence-corrected chi connectivity index (χ2v) is 5.70. The minimum Gasteiger partial charge on any atom is -0.462 e. The van der Waals surface area contributed by atoms with Crippen molar-refractivity contribution in [2.75, 3.05) is 6.61 Å². The largest absolute Gasteiger partial charge is 0.462 e. The Balaban J connectivity index is 2.57. The maximum Gasteiger partial charge on any atom is 0.388 e. The van der Waals surface area contributed by atoms with Gasteiger partial charge in [-0.2, -0.15) is 13.9 Å². The molecule has 10 heteroatoms. The highest BCUT2D eigenvalue weighted by molar-refractivity contribution is 9.10. The number of carbonyl (C=O) groups is 1. The number of aromatic nitrogens is 2. The molecule has 24 heavy (non-hydrogen) atoms. The number of benzene rings is 1. The number of hydrogen-bond acceptors (Lipinski definition) is 4. The molecule has 2 rings (SSSR count). The van der Waals surface area contributed by atoms with Gasteiger partial charge < -0.3 is 9.47 Å². The van der Waals surface area contributed by atoms with Crippen molar-refractivity contribution >= 4 is 33.5 Å². The standard InChI is InChI=1S/C14H11BrClF3N2O3/c1-3-23-13(22)6-4-7(9(17)5-8(6)16)11-10(15)12(21(2)20-11)24-14(18)19/h4-5,14H,3H2,1-2H3. The van der Waals surface area contributed by atoms with E-state index in [-0.39, 0.29) is 38.8 Å². The maximum atomic E-state index is 14.3. The third-order valence-corrected chi connectivity index (χ3v) is 3.97. The average molecular weight is 428 g/mol. The van der Waals surface area contributed by atoms with Gasteiger partial charge in [0.25, 0.3) is 0 Å². The van der Waals surface area contributed by atoms with Gasteiger partial charge in [-0.3, -0.25) is 0 Å². The second-order valence-electron chi connectivity index (χ2n) is 4.50. The summed E-state index contributed by atoms with van der Waals surface area (Å²) >= 11 is 8.92. The summed E-state index contributed by atoms with van der Waals surface area (Å²) in [4.78, 5) is 11.9. The lowest BCUT2D eigenvalue weighted by Crippen LogP contribution is -2.06. The van der Waals surface area contributed by atoms with Crippen LogP contribution >= 0.6 is 27.5 Å². The molecule has 5 nitrogen and oxygen atoms in total. The summed E-state index contributed by atoms with van der Waals surface area (Å²) in [6.07, 6.45) is 0. The van der Waals surface area contributed by atoms with Crippen LogP contribution in [0.15, 0.2) is 16.6 Å². The molecule has 1 heterocycles. The molecule has 0 spiro atoms. The normalized spacial score (nSPS) is 11.0. The van der Waals surface area contributed by atoms with Gasteiger partial charge in [-0.1, -0.05) is 11.6 Å². The molecule has 0 bridgehead atoms. The van der Waals surface area contributed by atoms with Gasteiger partial charge in [0, 0.05) is 12.6 Å². The van der Waals surface area contributed by atoms with E-state index in [0.717, 1.165) is 16.8 Å². The van der Waals surface area contributed by atoms with Gasteiger partial charge in [0.15, 0.2) is 0 Å². The Morgan fingerprint density at radius 2 is 2.12 bits per heavy atom. The predicted octanol–water partition coefficient (Wildman–Crippen LogP) is 4.42. The molecule has 0 amide bonds. The minimum atomic E-state index is -3.07. The Hall–Kier alpha value is -1.74. The van der Waals surface area contributed by atoms with Crippen LogP contribution in [0.2, 0.25) is 5.02 Å². The van der Waals surface area contributed by atoms with E-state index in [1.807, 2.05) is 0 Å². The van der Waals surface area contributed by atoms with Crippen LogP contribution in [0.4, 0.5) is 13.2 Å². The van der Waals surface area contributed by atoms with E-state index in [2.05, 4.69) is 25.8 Å². The van der Waals surface area contributed by atoms with Gasteiger partial charge in [-0.25, -0.2) is 13.9 Å². The third kappa shape index (κ3) is 3.67. The monoisotopic (exact) mass is 426 g/mol. The van der Waals surface area contributed by atoms with Crippen LogP contribution in [0.25, 0.3) is 11.3 Å². The van der Waals surface area contributed by atoms with Crippen molar-refractivity contribution in [2.24, 2.45) is 7.05 Å². The summed E-state index contributed by atoms with van der Waals surface area (Å²) in [7, 11) is 1.35.